The zero-order valence-electron chi connectivity index (χ0n) is 14.6. The van der Waals surface area contributed by atoms with Crippen LogP contribution in [-0.4, -0.2) is 60.9 Å². The Kier molecular flexibility index (Phi) is 5.57. The molecule has 4 rings (SSSR count). The number of hydrogen-bond donors (Lipinski definition) is 1. The fraction of sp³-hybridized carbons (Fsp3) is 0.529. The van der Waals surface area contributed by atoms with Crippen LogP contribution in [0.5, 0.6) is 0 Å². The van der Waals surface area contributed by atoms with Gasteiger partial charge in [0.1, 0.15) is 5.01 Å². The minimum atomic E-state index is -3.11. The van der Waals surface area contributed by atoms with Gasteiger partial charge in [-0.3, -0.25) is 9.69 Å². The molecule has 2 aromatic rings. The molecule has 0 saturated carbocycles. The van der Waals surface area contributed by atoms with Gasteiger partial charge >= 0.3 is 0 Å². The predicted octanol–water partition coefficient (Wildman–Crippen LogP) is 2.45. The fourth-order valence-electron chi connectivity index (χ4n) is 3.75. The molecule has 2 saturated heterocycles. The molecule has 0 bridgehead atoms. The van der Waals surface area contributed by atoms with Gasteiger partial charge < -0.3 is 5.32 Å². The normalized spacial score (nSPS) is 25.1. The number of aromatic nitrogens is 1. The van der Waals surface area contributed by atoms with Crippen LogP contribution in [0, 0.1) is 0 Å². The Morgan fingerprint density at radius 3 is 2.78 bits per heavy atom. The first-order valence-corrected chi connectivity index (χ1v) is 12.7. The Labute approximate surface area is 171 Å². The van der Waals surface area contributed by atoms with Crippen LogP contribution in [0.15, 0.2) is 17.5 Å². The van der Waals surface area contributed by atoms with Crippen molar-refractivity contribution in [3.8, 4) is 9.88 Å². The lowest BCUT2D eigenvalue weighted by atomic mass is 10.1. The molecule has 2 fully saturated rings. The zero-order chi connectivity index (χ0) is 19.0. The van der Waals surface area contributed by atoms with Gasteiger partial charge in [-0.2, -0.15) is 0 Å². The van der Waals surface area contributed by atoms with Crippen LogP contribution in [0.2, 0.25) is 4.34 Å². The van der Waals surface area contributed by atoms with Crippen molar-refractivity contribution >= 4 is 50.0 Å². The fourth-order valence-corrected chi connectivity index (χ4v) is 7.64. The molecule has 0 spiro atoms. The van der Waals surface area contributed by atoms with Crippen LogP contribution in [0.25, 0.3) is 9.88 Å². The maximum Gasteiger partial charge on any atom is 0.226 e. The second kappa shape index (κ2) is 7.79. The van der Waals surface area contributed by atoms with E-state index in [1.165, 1.54) is 22.7 Å². The predicted molar refractivity (Wildman–Crippen MR) is 109 cm³/mol. The topological polar surface area (TPSA) is 79.4 Å². The summed E-state index contributed by atoms with van der Waals surface area (Å²) in [6.07, 6.45) is 2.33. The van der Waals surface area contributed by atoms with Crippen LogP contribution in [0.1, 0.15) is 18.5 Å². The van der Waals surface area contributed by atoms with Gasteiger partial charge in [-0.05, 0) is 38.1 Å². The Balaban J connectivity index is 1.40. The number of halogens is 1. The van der Waals surface area contributed by atoms with Crippen molar-refractivity contribution in [2.75, 3.05) is 24.6 Å². The van der Waals surface area contributed by atoms with E-state index in [1.54, 1.807) is 0 Å². The molecule has 0 aliphatic carbocycles. The third kappa shape index (κ3) is 4.54. The molecule has 2 aromatic heterocycles. The summed E-state index contributed by atoms with van der Waals surface area (Å²) in [5, 5.41) is 5.66. The number of thiazole rings is 1. The first kappa shape index (κ1) is 19.3. The molecule has 2 unspecified atom stereocenters. The summed E-state index contributed by atoms with van der Waals surface area (Å²) in [6.45, 7) is 1.82. The summed E-state index contributed by atoms with van der Waals surface area (Å²) in [5.74, 6) is -0.0178. The van der Waals surface area contributed by atoms with E-state index >= 15 is 0 Å². The molecule has 0 aromatic carbocycles. The lowest BCUT2D eigenvalue weighted by Crippen LogP contribution is -2.50. The standard InChI is InChI=1S/C17H20ClN3O3S3/c18-15-4-3-14(26-15)17-19-11(8-25-17)7-16(22)20-12-9-27(23,24)10-13(12)21-5-1-2-6-21/h3-4,8,12-13H,1-2,5-7,9-10H2,(H,20,22). The molecule has 2 aliphatic heterocycles. The zero-order valence-corrected chi connectivity index (χ0v) is 17.8. The third-order valence-electron chi connectivity index (χ3n) is 4.96. The number of sulfone groups is 1. The summed E-state index contributed by atoms with van der Waals surface area (Å²) in [5.41, 5.74) is 0.690. The molecule has 1 amide bonds. The highest BCUT2D eigenvalue weighted by molar-refractivity contribution is 7.91. The summed E-state index contributed by atoms with van der Waals surface area (Å²) < 4.78 is 24.9. The van der Waals surface area contributed by atoms with Crippen LogP contribution in [0.3, 0.4) is 0 Å². The minimum Gasteiger partial charge on any atom is -0.350 e. The van der Waals surface area contributed by atoms with Gasteiger partial charge in [0.2, 0.25) is 5.91 Å². The maximum absolute atomic E-state index is 12.5. The second-order valence-corrected chi connectivity index (χ2v) is 11.7. The third-order valence-corrected chi connectivity index (χ3v) is 8.96. The number of nitrogens with one attached hydrogen (secondary N) is 1. The maximum atomic E-state index is 12.5. The molecule has 146 valence electrons. The van der Waals surface area contributed by atoms with Gasteiger partial charge in [0.15, 0.2) is 9.84 Å². The van der Waals surface area contributed by atoms with Crippen molar-refractivity contribution in [2.45, 2.75) is 31.3 Å². The lowest BCUT2D eigenvalue weighted by molar-refractivity contribution is -0.121. The second-order valence-electron chi connectivity index (χ2n) is 6.99. The summed E-state index contributed by atoms with van der Waals surface area (Å²) in [4.78, 5) is 20.2. The molecule has 4 heterocycles. The summed E-state index contributed by atoms with van der Waals surface area (Å²) >= 11 is 8.90. The van der Waals surface area contributed by atoms with Gasteiger partial charge in [0.25, 0.3) is 0 Å². The quantitative estimate of drug-likeness (QED) is 0.764. The molecule has 6 nitrogen and oxygen atoms in total. The van der Waals surface area contributed by atoms with E-state index in [-0.39, 0.29) is 35.9 Å². The molecule has 0 radical (unpaired) electrons. The van der Waals surface area contributed by atoms with Gasteiger partial charge in [-0.15, -0.1) is 22.7 Å². The van der Waals surface area contributed by atoms with E-state index in [9.17, 15) is 13.2 Å². The van der Waals surface area contributed by atoms with Crippen LogP contribution < -0.4 is 5.32 Å². The Hall–Kier alpha value is -1.00. The number of amides is 1. The van der Waals surface area contributed by atoms with Crippen molar-refractivity contribution in [3.63, 3.8) is 0 Å². The Morgan fingerprint density at radius 1 is 1.30 bits per heavy atom. The van der Waals surface area contributed by atoms with Crippen molar-refractivity contribution < 1.29 is 13.2 Å². The average molecular weight is 446 g/mol. The SMILES string of the molecule is O=C(Cc1csc(-c2ccc(Cl)s2)n1)NC1CS(=O)(=O)CC1N1CCCC1. The highest BCUT2D eigenvalue weighted by Crippen LogP contribution is 2.33. The first-order valence-electron chi connectivity index (χ1n) is 8.83. The smallest absolute Gasteiger partial charge is 0.226 e. The summed E-state index contributed by atoms with van der Waals surface area (Å²) in [6, 6.07) is 3.30. The van der Waals surface area contributed by atoms with Crippen molar-refractivity contribution in [2.24, 2.45) is 0 Å². The Bertz CT molecular complexity index is 934. The van der Waals surface area contributed by atoms with Crippen molar-refractivity contribution in [1.82, 2.24) is 15.2 Å². The van der Waals surface area contributed by atoms with E-state index in [0.717, 1.165) is 35.8 Å². The summed E-state index contributed by atoms with van der Waals surface area (Å²) in [7, 11) is -3.11. The van der Waals surface area contributed by atoms with E-state index in [2.05, 4.69) is 15.2 Å². The molecule has 27 heavy (non-hydrogen) atoms. The molecular formula is C17H20ClN3O3S3. The van der Waals surface area contributed by atoms with Crippen molar-refractivity contribution in [1.29, 1.82) is 0 Å². The number of hydrogen-bond acceptors (Lipinski definition) is 7. The largest absolute Gasteiger partial charge is 0.350 e. The van der Waals surface area contributed by atoms with Crippen LogP contribution in [0.4, 0.5) is 0 Å². The first-order chi connectivity index (χ1) is 12.9. The lowest BCUT2D eigenvalue weighted by Gasteiger charge is -2.28. The highest BCUT2D eigenvalue weighted by atomic mass is 35.5. The van der Waals surface area contributed by atoms with Gasteiger partial charge in [-0.25, -0.2) is 13.4 Å². The van der Waals surface area contributed by atoms with E-state index in [4.69, 9.17) is 11.6 Å². The van der Waals surface area contributed by atoms with Gasteiger partial charge in [0, 0.05) is 11.4 Å². The van der Waals surface area contributed by atoms with E-state index < -0.39 is 9.84 Å². The number of carbonyl (C=O) groups is 1. The van der Waals surface area contributed by atoms with Gasteiger partial charge in [-0.1, -0.05) is 11.6 Å². The molecule has 10 heteroatoms. The number of likely N-dealkylation sites (tertiary alicyclic amines) is 1. The number of nitrogens with zero attached hydrogens (tertiary/aromatic N) is 2. The van der Waals surface area contributed by atoms with E-state index in [1.807, 2.05) is 17.5 Å². The van der Waals surface area contributed by atoms with E-state index in [0.29, 0.717) is 10.0 Å². The van der Waals surface area contributed by atoms with Crippen LogP contribution in [-0.2, 0) is 21.1 Å². The Morgan fingerprint density at radius 2 is 2.07 bits per heavy atom. The number of thiophene rings is 1. The van der Waals surface area contributed by atoms with Crippen LogP contribution >= 0.6 is 34.3 Å². The average Bonchev–Trinajstić information content (AvgIpc) is 3.34. The number of rotatable bonds is 5. The molecule has 2 atom stereocenters. The molecule has 2 aliphatic rings. The monoisotopic (exact) mass is 445 g/mol. The molecular weight excluding hydrogens is 426 g/mol. The number of carbonyl (C=O) groups excluding carboxylic acids is 1. The highest BCUT2D eigenvalue weighted by Gasteiger charge is 2.42. The van der Waals surface area contributed by atoms with Gasteiger partial charge in [0.05, 0.1) is 38.9 Å². The molecule has 1 N–H and O–H groups in total. The minimum absolute atomic E-state index is 0.0237. The van der Waals surface area contributed by atoms with Crippen molar-refractivity contribution in [3.05, 3.63) is 27.5 Å².